The fourth-order valence-corrected chi connectivity index (χ4v) is 8.86. The number of hydrogen-bond acceptors (Lipinski definition) is 2. The lowest BCUT2D eigenvalue weighted by Gasteiger charge is -2.46. The maximum atomic E-state index is 2.61. The van der Waals surface area contributed by atoms with Gasteiger partial charge in [-0.3, -0.25) is 0 Å². The van der Waals surface area contributed by atoms with Crippen molar-refractivity contribution in [1.82, 2.24) is 0 Å². The van der Waals surface area contributed by atoms with Crippen molar-refractivity contribution in [2.75, 3.05) is 9.62 Å². The van der Waals surface area contributed by atoms with E-state index in [9.17, 15) is 0 Å². The van der Waals surface area contributed by atoms with Crippen LogP contribution in [0.5, 0.6) is 0 Å². The minimum absolute atomic E-state index is 0.0991. The second-order valence-electron chi connectivity index (χ2n) is 12.8. The van der Waals surface area contributed by atoms with E-state index in [0.29, 0.717) is 0 Å². The van der Waals surface area contributed by atoms with E-state index in [1.54, 1.807) is 0 Å². The summed E-state index contributed by atoms with van der Waals surface area (Å²) in [6.07, 6.45) is 0. The molecule has 0 aromatic heterocycles. The molecule has 0 bridgehead atoms. The van der Waals surface area contributed by atoms with Gasteiger partial charge in [0.15, 0.2) is 0 Å². The largest absolute Gasteiger partial charge is 0.376 e. The van der Waals surface area contributed by atoms with Crippen molar-refractivity contribution in [3.05, 3.63) is 158 Å². The van der Waals surface area contributed by atoms with E-state index >= 15 is 0 Å². The normalized spacial score (nSPS) is 13.9. The highest BCUT2D eigenvalue weighted by molar-refractivity contribution is 6.93. The van der Waals surface area contributed by atoms with Gasteiger partial charge in [-0.05, 0) is 68.4 Å². The van der Waals surface area contributed by atoms with Crippen LogP contribution < -0.4 is 31.5 Å². The minimum Gasteiger partial charge on any atom is -0.376 e. The summed E-state index contributed by atoms with van der Waals surface area (Å²) >= 11 is 0. The molecule has 0 atom stereocenters. The molecule has 2 nitrogen and oxygen atoms in total. The third-order valence-electron chi connectivity index (χ3n) is 10.7. The van der Waals surface area contributed by atoms with Crippen LogP contribution in [0.4, 0.5) is 22.7 Å². The molecule has 0 N–H and O–H groups in total. The molecule has 0 spiro atoms. The van der Waals surface area contributed by atoms with Crippen LogP contribution in [0.2, 0.25) is 0 Å². The van der Waals surface area contributed by atoms with Crippen molar-refractivity contribution in [3.63, 3.8) is 0 Å². The number of hydrogen-bond donors (Lipinski definition) is 0. The average Bonchev–Trinajstić information content (AvgIpc) is 3.14. The molecule has 4 heterocycles. The average molecular weight is 580 g/mol. The van der Waals surface area contributed by atoms with Gasteiger partial charge in [0, 0.05) is 45.0 Å². The lowest BCUT2D eigenvalue weighted by Crippen LogP contribution is -2.60. The highest BCUT2D eigenvalue weighted by Gasteiger charge is 2.46. The maximum absolute atomic E-state index is 2.61. The van der Waals surface area contributed by atoms with Gasteiger partial charge < -0.3 is 9.62 Å². The molecule has 0 amide bonds. The van der Waals surface area contributed by atoms with E-state index in [4.69, 9.17) is 0 Å². The Balaban J connectivity index is 1.25. The monoisotopic (exact) mass is 580 g/mol. The van der Waals surface area contributed by atoms with Crippen LogP contribution in [0, 0.1) is 0 Å². The number of anilines is 4. The Kier molecular flexibility index (Phi) is 4.77. The van der Waals surface area contributed by atoms with E-state index in [-0.39, 0.29) is 13.7 Å². The standard InChI is InChI=1S/C42H26B2N2/c1-7-19-35-27(13-1)31-17-5-11-23-39(31)45-41-25-34-30-16-4-10-22-38(30)44-36-20-8-2-14-28(36)32-18-6-12-24-40(32)46(44)42(34)26-33(41)29-15-3-9-21-37(29)43(35)45/h1-26H. The van der Waals surface area contributed by atoms with Crippen LogP contribution in [-0.2, 0) is 0 Å². The number of para-hydroxylation sites is 2. The van der Waals surface area contributed by atoms with E-state index in [0.717, 1.165) is 0 Å². The molecule has 0 saturated carbocycles. The lowest BCUT2D eigenvalue weighted by molar-refractivity contribution is 1.31. The van der Waals surface area contributed by atoms with Gasteiger partial charge in [-0.1, -0.05) is 133 Å². The van der Waals surface area contributed by atoms with Gasteiger partial charge in [-0.25, -0.2) is 0 Å². The van der Waals surface area contributed by atoms with Gasteiger partial charge in [0.25, 0.3) is 0 Å². The quantitative estimate of drug-likeness (QED) is 0.172. The van der Waals surface area contributed by atoms with Crippen molar-refractivity contribution in [3.8, 4) is 44.5 Å². The molecule has 4 heteroatoms. The van der Waals surface area contributed by atoms with Crippen molar-refractivity contribution in [1.29, 1.82) is 0 Å². The van der Waals surface area contributed by atoms with Gasteiger partial charge in [0.05, 0.1) is 0 Å². The van der Waals surface area contributed by atoms with Crippen molar-refractivity contribution in [2.45, 2.75) is 0 Å². The van der Waals surface area contributed by atoms with Crippen LogP contribution in [0.25, 0.3) is 44.5 Å². The molecular weight excluding hydrogens is 554 g/mol. The van der Waals surface area contributed by atoms with Crippen LogP contribution in [0.3, 0.4) is 0 Å². The first-order chi connectivity index (χ1) is 22.9. The fraction of sp³-hybridized carbons (Fsp3) is 0. The predicted molar refractivity (Wildman–Crippen MR) is 195 cm³/mol. The zero-order valence-corrected chi connectivity index (χ0v) is 25.1. The molecule has 0 radical (unpaired) electrons. The third-order valence-corrected chi connectivity index (χ3v) is 10.7. The van der Waals surface area contributed by atoms with E-state index in [1.165, 1.54) is 89.1 Å². The van der Waals surface area contributed by atoms with Crippen molar-refractivity contribution < 1.29 is 0 Å². The summed E-state index contributed by atoms with van der Waals surface area (Å²) in [7, 11) is 0. The highest BCUT2D eigenvalue weighted by atomic mass is 15.1. The van der Waals surface area contributed by atoms with Crippen molar-refractivity contribution >= 4 is 58.3 Å². The number of rotatable bonds is 0. The first-order valence-corrected chi connectivity index (χ1v) is 16.2. The molecule has 0 unspecified atom stereocenters. The Hall–Kier alpha value is -5.73. The molecule has 7 aromatic carbocycles. The molecular formula is C42H26B2N2. The van der Waals surface area contributed by atoms with Crippen LogP contribution in [0.1, 0.15) is 0 Å². The Bertz CT molecular complexity index is 2260. The summed E-state index contributed by atoms with van der Waals surface area (Å²) in [6.45, 7) is 0.198. The summed E-state index contributed by atoms with van der Waals surface area (Å²) in [5.74, 6) is 0. The molecule has 0 aliphatic carbocycles. The minimum atomic E-state index is 0.0991. The lowest BCUT2D eigenvalue weighted by atomic mass is 9.42. The number of benzene rings is 7. The second kappa shape index (κ2) is 8.93. The molecule has 7 aromatic rings. The van der Waals surface area contributed by atoms with Gasteiger partial charge >= 0.3 is 13.7 Å². The second-order valence-corrected chi connectivity index (χ2v) is 12.8. The van der Waals surface area contributed by atoms with Gasteiger partial charge in [-0.2, -0.15) is 0 Å². The summed E-state index contributed by atoms with van der Waals surface area (Å²) in [4.78, 5) is 5.23. The highest BCUT2D eigenvalue weighted by Crippen LogP contribution is 2.52. The summed E-state index contributed by atoms with van der Waals surface area (Å²) in [5, 5.41) is 0. The van der Waals surface area contributed by atoms with E-state index in [2.05, 4.69) is 167 Å². The number of nitrogens with zero attached hydrogens (tertiary/aromatic N) is 2. The van der Waals surface area contributed by atoms with Gasteiger partial charge in [0.2, 0.25) is 0 Å². The van der Waals surface area contributed by atoms with Gasteiger partial charge in [-0.15, -0.1) is 0 Å². The summed E-state index contributed by atoms with van der Waals surface area (Å²) in [6, 6.07) is 59.0. The Morgan fingerprint density at radius 2 is 0.543 bits per heavy atom. The summed E-state index contributed by atoms with van der Waals surface area (Å²) in [5.41, 5.74) is 20.9. The Labute approximate surface area is 269 Å². The fourth-order valence-electron chi connectivity index (χ4n) is 8.86. The molecule has 4 aliphatic rings. The van der Waals surface area contributed by atoms with Gasteiger partial charge in [0.1, 0.15) is 0 Å². The predicted octanol–water partition coefficient (Wildman–Crippen LogP) is 7.50. The van der Waals surface area contributed by atoms with Crippen LogP contribution in [0.15, 0.2) is 158 Å². The summed E-state index contributed by atoms with van der Waals surface area (Å²) < 4.78 is 0. The van der Waals surface area contributed by atoms with Crippen LogP contribution >= 0.6 is 0 Å². The zero-order chi connectivity index (χ0) is 29.9. The SMILES string of the molecule is c1ccc2c(c1)B1c3ccccc3-c3cc4c(cc3N1c1ccccc1-2)-c1ccccc1B1c2ccccc2-c2ccccc2N14. The molecule has 210 valence electrons. The molecule has 0 saturated heterocycles. The third kappa shape index (κ3) is 3.04. The smallest absolute Gasteiger partial charge is 0.329 e. The van der Waals surface area contributed by atoms with Crippen molar-refractivity contribution in [2.24, 2.45) is 0 Å². The first-order valence-electron chi connectivity index (χ1n) is 16.2. The molecule has 4 aliphatic heterocycles. The molecule has 46 heavy (non-hydrogen) atoms. The van der Waals surface area contributed by atoms with E-state index in [1.807, 2.05) is 0 Å². The topological polar surface area (TPSA) is 6.48 Å². The Morgan fingerprint density at radius 1 is 0.261 bits per heavy atom. The first kappa shape index (κ1) is 24.6. The van der Waals surface area contributed by atoms with Crippen LogP contribution in [-0.4, -0.2) is 13.7 Å². The molecule has 0 fully saturated rings. The number of fused-ring (bicyclic) bond motifs is 22. The molecule has 11 rings (SSSR count). The zero-order valence-electron chi connectivity index (χ0n) is 25.1. The van der Waals surface area contributed by atoms with E-state index < -0.39 is 0 Å². The Morgan fingerprint density at radius 3 is 0.913 bits per heavy atom. The maximum Gasteiger partial charge on any atom is 0.329 e.